The lowest BCUT2D eigenvalue weighted by molar-refractivity contribution is 0.0663. The van der Waals surface area contributed by atoms with Crippen LogP contribution in [0.5, 0.6) is 0 Å². The Morgan fingerprint density at radius 3 is 2.33 bits per heavy atom. The molecule has 0 bridgehead atoms. The van der Waals surface area contributed by atoms with Gasteiger partial charge in [-0.2, -0.15) is 0 Å². The lowest BCUT2D eigenvalue weighted by Gasteiger charge is -2.13. The highest BCUT2D eigenvalue weighted by molar-refractivity contribution is 7.80. The number of carbonyl (C=O) groups excluding carboxylic acids is 1. The minimum absolute atomic E-state index is 0.133. The molecule has 30 heavy (non-hydrogen) atoms. The molecule has 0 fully saturated rings. The van der Waals surface area contributed by atoms with Crippen molar-refractivity contribution in [2.75, 3.05) is 5.32 Å². The van der Waals surface area contributed by atoms with Crippen molar-refractivity contribution >= 4 is 34.9 Å². The van der Waals surface area contributed by atoms with Gasteiger partial charge in [0.2, 0.25) is 5.76 Å². The Labute approximate surface area is 179 Å². The number of hydrogen-bond donors (Lipinski definition) is 3. The fraction of sp³-hybridized carbons (Fsp3) is 0.174. The van der Waals surface area contributed by atoms with E-state index in [0.717, 1.165) is 11.1 Å². The maximum absolute atomic E-state index is 12.5. The van der Waals surface area contributed by atoms with Crippen molar-refractivity contribution in [3.05, 3.63) is 77.0 Å². The van der Waals surface area contributed by atoms with Crippen LogP contribution < -0.4 is 10.6 Å². The van der Waals surface area contributed by atoms with Crippen molar-refractivity contribution < 1.29 is 19.1 Å². The van der Waals surface area contributed by atoms with E-state index in [1.807, 2.05) is 31.2 Å². The van der Waals surface area contributed by atoms with E-state index in [0.29, 0.717) is 28.5 Å². The molecule has 0 aliphatic rings. The summed E-state index contributed by atoms with van der Waals surface area (Å²) in [5.41, 5.74) is 3.95. The van der Waals surface area contributed by atoms with Crippen molar-refractivity contribution in [2.24, 2.45) is 0 Å². The SMILES string of the molecule is Cc1ccc(-c2ccc(C(=O)O)o2)cc1NC(=S)NC(=O)c1ccc(C(C)C)cc1. The molecule has 0 saturated heterocycles. The Bertz CT molecular complexity index is 1100. The maximum Gasteiger partial charge on any atom is 0.371 e. The van der Waals surface area contributed by atoms with Crippen LogP contribution in [0.25, 0.3) is 11.3 Å². The second-order valence-corrected chi connectivity index (χ2v) is 7.59. The summed E-state index contributed by atoms with van der Waals surface area (Å²) < 4.78 is 5.35. The highest BCUT2D eigenvalue weighted by Gasteiger charge is 2.13. The van der Waals surface area contributed by atoms with Gasteiger partial charge >= 0.3 is 5.97 Å². The van der Waals surface area contributed by atoms with E-state index in [4.69, 9.17) is 21.7 Å². The first-order valence-electron chi connectivity index (χ1n) is 9.41. The van der Waals surface area contributed by atoms with Crippen molar-refractivity contribution in [3.63, 3.8) is 0 Å². The Kier molecular flexibility index (Phi) is 6.32. The lowest BCUT2D eigenvalue weighted by atomic mass is 10.0. The van der Waals surface area contributed by atoms with E-state index in [-0.39, 0.29) is 16.8 Å². The number of carboxylic acids is 1. The average Bonchev–Trinajstić information content (AvgIpc) is 3.20. The molecule has 1 amide bonds. The lowest BCUT2D eigenvalue weighted by Crippen LogP contribution is -2.34. The van der Waals surface area contributed by atoms with Gasteiger partial charge in [0.15, 0.2) is 5.11 Å². The molecule has 0 unspecified atom stereocenters. The molecule has 0 saturated carbocycles. The summed E-state index contributed by atoms with van der Waals surface area (Å²) in [7, 11) is 0. The van der Waals surface area contributed by atoms with Crippen molar-refractivity contribution in [3.8, 4) is 11.3 Å². The molecule has 0 aliphatic heterocycles. The largest absolute Gasteiger partial charge is 0.475 e. The van der Waals surface area contributed by atoms with Crippen molar-refractivity contribution in [1.29, 1.82) is 0 Å². The minimum atomic E-state index is -1.13. The molecule has 0 radical (unpaired) electrons. The standard InChI is InChI=1S/C23H22N2O4S/c1-13(2)15-6-8-16(9-7-15)21(26)25-23(30)24-18-12-17(5-4-14(18)3)19-10-11-20(29-19)22(27)28/h4-13H,1-3H3,(H,27,28)(H2,24,25,26,30). The van der Waals surface area contributed by atoms with Gasteiger partial charge in [0.05, 0.1) is 0 Å². The first-order valence-corrected chi connectivity index (χ1v) is 9.82. The predicted molar refractivity (Wildman–Crippen MR) is 120 cm³/mol. The highest BCUT2D eigenvalue weighted by atomic mass is 32.1. The molecule has 3 rings (SSSR count). The second kappa shape index (κ2) is 8.92. The molecular formula is C23H22N2O4S. The fourth-order valence-electron chi connectivity index (χ4n) is 2.87. The molecule has 0 aliphatic carbocycles. The van der Waals surface area contributed by atoms with E-state index in [2.05, 4.69) is 24.5 Å². The van der Waals surface area contributed by atoms with Gasteiger partial charge in [-0.1, -0.05) is 38.1 Å². The quantitative estimate of drug-likeness (QED) is 0.489. The molecule has 2 aromatic carbocycles. The summed E-state index contributed by atoms with van der Waals surface area (Å²) in [5.74, 6) is -0.742. The summed E-state index contributed by atoms with van der Waals surface area (Å²) in [4.78, 5) is 23.5. The maximum atomic E-state index is 12.5. The Morgan fingerprint density at radius 1 is 1.03 bits per heavy atom. The van der Waals surface area contributed by atoms with Crippen LogP contribution in [0, 0.1) is 6.92 Å². The van der Waals surface area contributed by atoms with Gasteiger partial charge in [0.1, 0.15) is 5.76 Å². The van der Waals surface area contributed by atoms with Crippen LogP contribution in [-0.2, 0) is 0 Å². The van der Waals surface area contributed by atoms with Gasteiger partial charge in [0.25, 0.3) is 5.91 Å². The number of aromatic carboxylic acids is 1. The van der Waals surface area contributed by atoms with Crippen molar-refractivity contribution in [1.82, 2.24) is 5.32 Å². The number of thiocarbonyl (C=S) groups is 1. The number of hydrogen-bond acceptors (Lipinski definition) is 4. The number of carboxylic acid groups (broad SMARTS) is 1. The van der Waals surface area contributed by atoms with Gasteiger partial charge < -0.3 is 14.8 Å². The zero-order valence-electron chi connectivity index (χ0n) is 16.9. The molecule has 1 aromatic heterocycles. The average molecular weight is 423 g/mol. The van der Waals surface area contributed by atoms with E-state index in [1.54, 1.807) is 24.3 Å². The van der Waals surface area contributed by atoms with E-state index >= 15 is 0 Å². The van der Waals surface area contributed by atoms with E-state index in [9.17, 15) is 9.59 Å². The number of benzene rings is 2. The topological polar surface area (TPSA) is 91.6 Å². The third-order valence-corrected chi connectivity index (χ3v) is 4.86. The third kappa shape index (κ3) is 4.93. The summed E-state index contributed by atoms with van der Waals surface area (Å²) in [5, 5.41) is 14.9. The molecule has 3 N–H and O–H groups in total. The number of carbonyl (C=O) groups is 2. The number of furan rings is 1. The molecule has 154 valence electrons. The summed E-state index contributed by atoms with van der Waals surface area (Å²) in [6, 6.07) is 15.9. The number of amides is 1. The number of nitrogens with one attached hydrogen (secondary N) is 2. The molecule has 6 nitrogen and oxygen atoms in total. The first-order chi connectivity index (χ1) is 14.2. The number of aryl methyl sites for hydroxylation is 1. The molecule has 1 heterocycles. The van der Waals surface area contributed by atoms with Crippen LogP contribution in [0.1, 0.15) is 51.8 Å². The van der Waals surface area contributed by atoms with E-state index in [1.165, 1.54) is 6.07 Å². The Hall–Kier alpha value is -3.45. The van der Waals surface area contributed by atoms with Crippen LogP contribution in [0.2, 0.25) is 0 Å². The number of rotatable bonds is 5. The molecule has 0 atom stereocenters. The normalized spacial score (nSPS) is 10.7. The second-order valence-electron chi connectivity index (χ2n) is 7.18. The third-order valence-electron chi connectivity index (χ3n) is 4.65. The number of anilines is 1. The van der Waals surface area contributed by atoms with Crippen LogP contribution in [-0.4, -0.2) is 22.1 Å². The Morgan fingerprint density at radius 2 is 1.73 bits per heavy atom. The van der Waals surface area contributed by atoms with Crippen LogP contribution >= 0.6 is 12.2 Å². The zero-order chi connectivity index (χ0) is 21.8. The minimum Gasteiger partial charge on any atom is -0.475 e. The molecule has 3 aromatic rings. The summed E-state index contributed by atoms with van der Waals surface area (Å²) in [6.07, 6.45) is 0. The first kappa shape index (κ1) is 21.3. The van der Waals surface area contributed by atoms with Gasteiger partial charge in [-0.05, 0) is 66.5 Å². The smallest absolute Gasteiger partial charge is 0.371 e. The monoisotopic (exact) mass is 422 g/mol. The molecule has 7 heteroatoms. The molecular weight excluding hydrogens is 400 g/mol. The summed E-state index contributed by atoms with van der Waals surface area (Å²) >= 11 is 5.29. The van der Waals surface area contributed by atoms with Gasteiger partial charge in [-0.15, -0.1) is 0 Å². The predicted octanol–water partition coefficient (Wildman–Crippen LogP) is 5.20. The van der Waals surface area contributed by atoms with Gasteiger partial charge in [-0.25, -0.2) is 4.79 Å². The van der Waals surface area contributed by atoms with E-state index < -0.39 is 5.97 Å². The summed E-state index contributed by atoms with van der Waals surface area (Å²) in [6.45, 7) is 6.08. The van der Waals surface area contributed by atoms with Crippen molar-refractivity contribution in [2.45, 2.75) is 26.7 Å². The van der Waals surface area contributed by atoms with Crippen LogP contribution in [0.15, 0.2) is 59.0 Å². The van der Waals surface area contributed by atoms with Crippen LogP contribution in [0.4, 0.5) is 5.69 Å². The fourth-order valence-corrected chi connectivity index (χ4v) is 3.07. The van der Waals surface area contributed by atoms with Gasteiger partial charge in [-0.3, -0.25) is 10.1 Å². The highest BCUT2D eigenvalue weighted by Crippen LogP contribution is 2.27. The molecule has 0 spiro atoms. The van der Waals surface area contributed by atoms with Crippen LogP contribution in [0.3, 0.4) is 0 Å². The zero-order valence-corrected chi connectivity index (χ0v) is 17.7. The Balaban J connectivity index is 1.71. The van der Waals surface area contributed by atoms with Gasteiger partial charge in [0, 0.05) is 16.8 Å².